The summed E-state index contributed by atoms with van der Waals surface area (Å²) < 4.78 is 41.8. The number of ether oxygens (including phenoxy) is 3. The van der Waals surface area contributed by atoms with E-state index in [2.05, 4.69) is 37.6 Å². The van der Waals surface area contributed by atoms with Crippen LogP contribution in [-0.4, -0.2) is 25.4 Å². The number of anilines is 1. The van der Waals surface area contributed by atoms with E-state index in [0.717, 1.165) is 10.0 Å². The molecule has 2 aromatic rings. The quantitative estimate of drug-likeness (QED) is 0.708. The molecular formula is C21H18BrF2NO4. The predicted molar refractivity (Wildman–Crippen MR) is 104 cm³/mol. The van der Waals surface area contributed by atoms with Gasteiger partial charge in [-0.15, -0.1) is 8.78 Å². The molecule has 1 N–H and O–H groups in total. The molecule has 5 rings (SSSR count). The van der Waals surface area contributed by atoms with E-state index in [1.165, 1.54) is 12.1 Å². The lowest BCUT2D eigenvalue weighted by Gasteiger charge is -2.39. The minimum absolute atomic E-state index is 0.0202. The zero-order valence-corrected chi connectivity index (χ0v) is 17.1. The summed E-state index contributed by atoms with van der Waals surface area (Å²) in [5.41, 5.74) is 1.69. The van der Waals surface area contributed by atoms with E-state index < -0.39 is 11.7 Å². The zero-order valence-electron chi connectivity index (χ0n) is 15.6. The Kier molecular flexibility index (Phi) is 3.99. The molecular weight excluding hydrogens is 448 g/mol. The molecule has 5 nitrogen and oxygen atoms in total. The summed E-state index contributed by atoms with van der Waals surface area (Å²) in [6, 6.07) is 10.3. The molecule has 2 aliphatic heterocycles. The van der Waals surface area contributed by atoms with Crippen LogP contribution in [0.25, 0.3) is 0 Å². The highest BCUT2D eigenvalue weighted by Gasteiger charge is 2.52. The fourth-order valence-electron chi connectivity index (χ4n) is 3.92. The average molecular weight is 466 g/mol. The number of hydrogen-bond donors (Lipinski definition) is 1. The van der Waals surface area contributed by atoms with Crippen molar-refractivity contribution in [3.05, 3.63) is 52.0 Å². The van der Waals surface area contributed by atoms with E-state index in [1.54, 1.807) is 6.07 Å². The highest BCUT2D eigenvalue weighted by atomic mass is 79.9. The van der Waals surface area contributed by atoms with Crippen molar-refractivity contribution in [2.24, 2.45) is 0 Å². The monoisotopic (exact) mass is 465 g/mol. The van der Waals surface area contributed by atoms with Gasteiger partial charge in [-0.1, -0.05) is 35.0 Å². The topological polar surface area (TPSA) is 56.8 Å². The van der Waals surface area contributed by atoms with Crippen LogP contribution in [0.2, 0.25) is 0 Å². The molecule has 2 heterocycles. The van der Waals surface area contributed by atoms with Gasteiger partial charge in [0, 0.05) is 15.6 Å². The highest BCUT2D eigenvalue weighted by molar-refractivity contribution is 9.10. The van der Waals surface area contributed by atoms with Crippen LogP contribution in [0.15, 0.2) is 40.9 Å². The molecule has 1 saturated carbocycles. The van der Waals surface area contributed by atoms with Crippen molar-refractivity contribution in [3.63, 3.8) is 0 Å². The molecule has 8 heteroatoms. The van der Waals surface area contributed by atoms with E-state index in [9.17, 15) is 13.6 Å². The Balaban J connectivity index is 1.36. The van der Waals surface area contributed by atoms with Gasteiger partial charge < -0.3 is 19.5 Å². The molecule has 152 valence electrons. The van der Waals surface area contributed by atoms with E-state index in [-0.39, 0.29) is 22.8 Å². The van der Waals surface area contributed by atoms with E-state index >= 15 is 0 Å². The maximum Gasteiger partial charge on any atom is 0.586 e. The molecule has 0 bridgehead atoms. The molecule has 0 unspecified atom stereocenters. The first-order valence-corrected chi connectivity index (χ1v) is 10.1. The standard InChI is InChI=1S/C21H18BrF2NO4/c1-19(10-27-11-19)14-4-3-13(9-15(14)22)25-18(26)20(6-7-20)12-2-5-16-17(8-12)29-21(23,24)28-16/h2-5,8-9H,6-7,10-11H2,1H3,(H,25,26). The second-order valence-electron chi connectivity index (χ2n) is 8.11. The van der Waals surface area contributed by atoms with Gasteiger partial charge in [0.05, 0.1) is 18.6 Å². The summed E-state index contributed by atoms with van der Waals surface area (Å²) in [6.07, 6.45) is -2.39. The number of halogens is 3. The molecule has 1 saturated heterocycles. The van der Waals surface area contributed by atoms with Crippen LogP contribution >= 0.6 is 15.9 Å². The van der Waals surface area contributed by atoms with Crippen molar-refractivity contribution < 1.29 is 27.8 Å². The Bertz CT molecular complexity index is 1020. The maximum absolute atomic E-state index is 13.3. The van der Waals surface area contributed by atoms with E-state index in [1.807, 2.05) is 18.2 Å². The van der Waals surface area contributed by atoms with Crippen molar-refractivity contribution in [3.8, 4) is 11.5 Å². The number of rotatable bonds is 4. The van der Waals surface area contributed by atoms with Crippen LogP contribution in [0.5, 0.6) is 11.5 Å². The lowest BCUT2D eigenvalue weighted by molar-refractivity contribution is -0.286. The first-order chi connectivity index (χ1) is 13.7. The van der Waals surface area contributed by atoms with Crippen LogP contribution in [-0.2, 0) is 20.4 Å². The Morgan fingerprint density at radius 2 is 1.79 bits per heavy atom. The molecule has 1 amide bonds. The third-order valence-electron chi connectivity index (χ3n) is 5.86. The predicted octanol–water partition coefficient (Wildman–Crippen LogP) is 4.73. The summed E-state index contributed by atoms with van der Waals surface area (Å²) >= 11 is 3.59. The summed E-state index contributed by atoms with van der Waals surface area (Å²) in [5.74, 6) is -0.237. The van der Waals surface area contributed by atoms with Crippen LogP contribution in [0, 0.1) is 0 Å². The van der Waals surface area contributed by atoms with Gasteiger partial charge in [0.25, 0.3) is 0 Å². The first-order valence-electron chi connectivity index (χ1n) is 9.31. The second-order valence-corrected chi connectivity index (χ2v) is 8.97. The van der Waals surface area contributed by atoms with Gasteiger partial charge in [-0.3, -0.25) is 4.79 Å². The molecule has 2 fully saturated rings. The first kappa shape index (κ1) is 18.8. The third-order valence-corrected chi connectivity index (χ3v) is 6.51. The second kappa shape index (κ2) is 6.15. The number of nitrogens with one attached hydrogen (secondary N) is 1. The Morgan fingerprint density at radius 1 is 1.07 bits per heavy atom. The van der Waals surface area contributed by atoms with Gasteiger partial charge in [0.2, 0.25) is 5.91 Å². The SMILES string of the molecule is CC1(c2ccc(NC(=O)C3(c4ccc5c(c4)OC(F)(F)O5)CC3)cc2Br)COC1. The summed E-state index contributed by atoms with van der Waals surface area (Å²) in [4.78, 5) is 13.0. The number of fused-ring (bicyclic) bond motifs is 1. The highest BCUT2D eigenvalue weighted by Crippen LogP contribution is 2.52. The van der Waals surface area contributed by atoms with Crippen molar-refractivity contribution >= 4 is 27.5 Å². The van der Waals surface area contributed by atoms with E-state index in [0.29, 0.717) is 37.3 Å². The number of carbonyl (C=O) groups excluding carboxylic acids is 1. The van der Waals surface area contributed by atoms with Gasteiger partial charge in [0.15, 0.2) is 11.5 Å². The zero-order chi connectivity index (χ0) is 20.4. The third kappa shape index (κ3) is 3.09. The molecule has 0 atom stereocenters. The number of alkyl halides is 2. The smallest absolute Gasteiger partial charge is 0.395 e. The van der Waals surface area contributed by atoms with Crippen LogP contribution < -0.4 is 14.8 Å². The van der Waals surface area contributed by atoms with Crippen molar-refractivity contribution in [1.29, 1.82) is 0 Å². The van der Waals surface area contributed by atoms with Gasteiger partial charge in [0.1, 0.15) is 0 Å². The maximum atomic E-state index is 13.3. The summed E-state index contributed by atoms with van der Waals surface area (Å²) in [7, 11) is 0. The molecule has 0 spiro atoms. The Labute approximate surface area is 174 Å². The van der Waals surface area contributed by atoms with Gasteiger partial charge >= 0.3 is 6.29 Å². The largest absolute Gasteiger partial charge is 0.586 e. The van der Waals surface area contributed by atoms with Crippen molar-refractivity contribution in [2.75, 3.05) is 18.5 Å². The van der Waals surface area contributed by atoms with E-state index in [4.69, 9.17) is 4.74 Å². The number of amides is 1. The summed E-state index contributed by atoms with van der Waals surface area (Å²) in [6.45, 7) is 3.48. The molecule has 0 aromatic heterocycles. The molecule has 0 radical (unpaired) electrons. The molecule has 3 aliphatic rings. The molecule has 1 aliphatic carbocycles. The normalized spacial score (nSPS) is 21.9. The number of hydrogen-bond acceptors (Lipinski definition) is 4. The Morgan fingerprint density at radius 3 is 2.41 bits per heavy atom. The average Bonchev–Trinajstić information content (AvgIpc) is 3.37. The lowest BCUT2D eigenvalue weighted by atomic mass is 9.81. The minimum Gasteiger partial charge on any atom is -0.395 e. The molecule has 29 heavy (non-hydrogen) atoms. The fraction of sp³-hybridized carbons (Fsp3) is 0.381. The number of benzene rings is 2. The van der Waals surface area contributed by atoms with Crippen LogP contribution in [0.4, 0.5) is 14.5 Å². The van der Waals surface area contributed by atoms with Crippen molar-refractivity contribution in [2.45, 2.75) is 36.9 Å². The van der Waals surface area contributed by atoms with Gasteiger partial charge in [-0.25, -0.2) is 0 Å². The van der Waals surface area contributed by atoms with Crippen LogP contribution in [0.3, 0.4) is 0 Å². The van der Waals surface area contributed by atoms with Gasteiger partial charge in [-0.2, -0.15) is 0 Å². The molecule has 2 aromatic carbocycles. The lowest BCUT2D eigenvalue weighted by Crippen LogP contribution is -2.44. The van der Waals surface area contributed by atoms with Crippen molar-refractivity contribution in [1.82, 2.24) is 0 Å². The minimum atomic E-state index is -3.67. The summed E-state index contributed by atoms with van der Waals surface area (Å²) in [5, 5.41) is 2.96. The Hall–Kier alpha value is -2.19. The fourth-order valence-corrected chi connectivity index (χ4v) is 4.77. The van der Waals surface area contributed by atoms with Gasteiger partial charge in [-0.05, 0) is 48.2 Å². The number of carbonyl (C=O) groups is 1. The van der Waals surface area contributed by atoms with Crippen LogP contribution in [0.1, 0.15) is 30.9 Å².